The summed E-state index contributed by atoms with van der Waals surface area (Å²) in [5.41, 5.74) is 1.25. The molecule has 0 saturated heterocycles. The van der Waals surface area contributed by atoms with Crippen LogP contribution < -0.4 is 4.90 Å². The van der Waals surface area contributed by atoms with Crippen molar-refractivity contribution in [2.75, 3.05) is 17.7 Å². The summed E-state index contributed by atoms with van der Waals surface area (Å²) in [6.45, 7) is 0. The quantitative estimate of drug-likeness (QED) is 0.744. The van der Waals surface area contributed by atoms with Crippen molar-refractivity contribution in [3.63, 3.8) is 0 Å². The van der Waals surface area contributed by atoms with Gasteiger partial charge in [-0.1, -0.05) is 6.07 Å². The van der Waals surface area contributed by atoms with Gasteiger partial charge in [0.25, 0.3) is 0 Å². The maximum Gasteiger partial charge on any atom is 0.236 e. The van der Waals surface area contributed by atoms with Gasteiger partial charge in [0.15, 0.2) is 0 Å². The van der Waals surface area contributed by atoms with Gasteiger partial charge in [0.05, 0.1) is 17.4 Å². The Morgan fingerprint density at radius 1 is 1.64 bits per heavy atom. The van der Waals surface area contributed by atoms with E-state index in [1.165, 1.54) is 4.90 Å². The lowest BCUT2D eigenvalue weighted by atomic mass is 10.2. The van der Waals surface area contributed by atoms with Crippen LogP contribution in [0.3, 0.4) is 0 Å². The van der Waals surface area contributed by atoms with Crippen molar-refractivity contribution in [2.24, 2.45) is 0 Å². The summed E-state index contributed by atoms with van der Waals surface area (Å²) in [6, 6.07) is 8.91. The zero-order valence-electron chi connectivity index (χ0n) is 7.77. The van der Waals surface area contributed by atoms with E-state index in [1.54, 1.807) is 31.3 Å². The van der Waals surface area contributed by atoms with Crippen molar-refractivity contribution >= 4 is 24.2 Å². The Labute approximate surface area is 88.4 Å². The lowest BCUT2D eigenvalue weighted by Crippen LogP contribution is -2.27. The van der Waals surface area contributed by atoms with Crippen LogP contribution in [0.5, 0.6) is 0 Å². The summed E-state index contributed by atoms with van der Waals surface area (Å²) >= 11 is 3.90. The fraction of sp³-hybridized carbons (Fsp3) is 0.200. The lowest BCUT2D eigenvalue weighted by molar-refractivity contribution is -0.115. The first-order valence-corrected chi connectivity index (χ1v) is 4.70. The number of benzene rings is 1. The average molecular weight is 206 g/mol. The fourth-order valence-corrected chi connectivity index (χ4v) is 1.25. The van der Waals surface area contributed by atoms with Gasteiger partial charge >= 0.3 is 0 Å². The number of amides is 1. The normalized spacial score (nSPS) is 9.21. The standard InChI is InChI=1S/C10H10N2OS/c1-12(10(13)7-14)9-4-2-3-8(5-9)6-11/h2-5,14H,7H2,1H3. The maximum atomic E-state index is 11.3. The van der Waals surface area contributed by atoms with Gasteiger partial charge < -0.3 is 4.90 Å². The monoisotopic (exact) mass is 206 g/mol. The maximum absolute atomic E-state index is 11.3. The number of carbonyl (C=O) groups excluding carboxylic acids is 1. The number of carbonyl (C=O) groups is 1. The third-order valence-corrected chi connectivity index (χ3v) is 2.14. The van der Waals surface area contributed by atoms with Crippen LogP contribution in [0, 0.1) is 11.3 Å². The summed E-state index contributed by atoms with van der Waals surface area (Å²) in [5.74, 6) is 0.0659. The number of rotatable bonds is 2. The number of nitrogens with zero attached hydrogens (tertiary/aromatic N) is 2. The molecule has 0 radical (unpaired) electrons. The zero-order chi connectivity index (χ0) is 10.6. The third-order valence-electron chi connectivity index (χ3n) is 1.87. The summed E-state index contributed by atoms with van der Waals surface area (Å²) in [5, 5.41) is 8.67. The van der Waals surface area contributed by atoms with Gasteiger partial charge in [-0.15, -0.1) is 0 Å². The Morgan fingerprint density at radius 2 is 2.36 bits per heavy atom. The summed E-state index contributed by atoms with van der Waals surface area (Å²) < 4.78 is 0. The smallest absolute Gasteiger partial charge is 0.236 e. The van der Waals surface area contributed by atoms with E-state index in [-0.39, 0.29) is 11.7 Å². The second-order valence-corrected chi connectivity index (χ2v) is 3.09. The van der Waals surface area contributed by atoms with E-state index >= 15 is 0 Å². The van der Waals surface area contributed by atoms with Crippen LogP contribution in [0.15, 0.2) is 24.3 Å². The molecule has 4 heteroatoms. The van der Waals surface area contributed by atoms with Crippen LogP contribution in [0.1, 0.15) is 5.56 Å². The second-order valence-electron chi connectivity index (χ2n) is 2.77. The highest BCUT2D eigenvalue weighted by Gasteiger charge is 2.08. The molecule has 0 atom stereocenters. The molecule has 0 saturated carbocycles. The largest absolute Gasteiger partial charge is 0.315 e. The highest BCUT2D eigenvalue weighted by atomic mass is 32.1. The molecule has 0 aliphatic rings. The van der Waals surface area contributed by atoms with Gasteiger partial charge in [0.2, 0.25) is 5.91 Å². The SMILES string of the molecule is CN(C(=O)CS)c1cccc(C#N)c1. The molecule has 0 aliphatic carbocycles. The van der Waals surface area contributed by atoms with Crippen LogP contribution in [0.4, 0.5) is 5.69 Å². The molecule has 1 aromatic carbocycles. The molecule has 1 rings (SSSR count). The summed E-state index contributed by atoms with van der Waals surface area (Å²) in [4.78, 5) is 12.8. The van der Waals surface area contributed by atoms with E-state index in [4.69, 9.17) is 5.26 Å². The Hall–Kier alpha value is -1.47. The predicted octanol–water partition coefficient (Wildman–Crippen LogP) is 1.45. The Morgan fingerprint density at radius 3 is 2.93 bits per heavy atom. The van der Waals surface area contributed by atoms with Crippen LogP contribution in [-0.2, 0) is 4.79 Å². The minimum absolute atomic E-state index is 0.0941. The molecule has 0 spiro atoms. The number of nitriles is 1. The van der Waals surface area contributed by atoms with E-state index in [1.807, 2.05) is 6.07 Å². The Kier molecular flexibility index (Phi) is 3.55. The van der Waals surface area contributed by atoms with Gasteiger partial charge in [-0.25, -0.2) is 0 Å². The molecule has 0 fully saturated rings. The van der Waals surface area contributed by atoms with Crippen LogP contribution in [0.2, 0.25) is 0 Å². The van der Waals surface area contributed by atoms with Gasteiger partial charge in [-0.3, -0.25) is 4.79 Å². The third kappa shape index (κ3) is 2.27. The van der Waals surface area contributed by atoms with Crippen LogP contribution in [-0.4, -0.2) is 18.7 Å². The second kappa shape index (κ2) is 4.68. The molecule has 1 amide bonds. The van der Waals surface area contributed by atoms with Gasteiger partial charge in [0.1, 0.15) is 0 Å². The topological polar surface area (TPSA) is 44.1 Å². The first-order valence-electron chi connectivity index (χ1n) is 4.06. The molecule has 0 unspecified atom stereocenters. The molecular weight excluding hydrogens is 196 g/mol. The van der Waals surface area contributed by atoms with Crippen molar-refractivity contribution in [2.45, 2.75) is 0 Å². The average Bonchev–Trinajstić information content (AvgIpc) is 2.27. The highest BCUT2D eigenvalue weighted by molar-refractivity contribution is 7.81. The molecule has 14 heavy (non-hydrogen) atoms. The first-order chi connectivity index (χ1) is 6.69. The van der Waals surface area contributed by atoms with E-state index < -0.39 is 0 Å². The van der Waals surface area contributed by atoms with E-state index in [0.717, 1.165) is 0 Å². The predicted molar refractivity (Wildman–Crippen MR) is 58.4 cm³/mol. The van der Waals surface area contributed by atoms with E-state index in [0.29, 0.717) is 11.3 Å². The van der Waals surface area contributed by atoms with Crippen LogP contribution >= 0.6 is 12.6 Å². The molecule has 0 heterocycles. The van der Waals surface area contributed by atoms with Gasteiger partial charge in [0, 0.05) is 12.7 Å². The van der Waals surface area contributed by atoms with Crippen molar-refractivity contribution in [1.29, 1.82) is 5.26 Å². The van der Waals surface area contributed by atoms with Crippen LogP contribution in [0.25, 0.3) is 0 Å². The zero-order valence-corrected chi connectivity index (χ0v) is 8.66. The highest BCUT2D eigenvalue weighted by Crippen LogP contribution is 2.14. The summed E-state index contributed by atoms with van der Waals surface area (Å²) in [6.07, 6.45) is 0. The minimum atomic E-state index is -0.0941. The van der Waals surface area contributed by atoms with E-state index in [2.05, 4.69) is 12.6 Å². The number of hydrogen-bond donors (Lipinski definition) is 1. The fourth-order valence-electron chi connectivity index (χ4n) is 1.03. The minimum Gasteiger partial charge on any atom is -0.315 e. The lowest BCUT2D eigenvalue weighted by Gasteiger charge is -2.15. The number of hydrogen-bond acceptors (Lipinski definition) is 3. The van der Waals surface area contributed by atoms with E-state index in [9.17, 15) is 4.79 Å². The Balaban J connectivity index is 2.96. The molecular formula is C10H10N2OS. The van der Waals surface area contributed by atoms with Gasteiger partial charge in [-0.05, 0) is 18.2 Å². The van der Waals surface area contributed by atoms with Crippen molar-refractivity contribution in [3.05, 3.63) is 29.8 Å². The molecule has 0 aromatic heterocycles. The molecule has 0 aliphatic heterocycles. The molecule has 0 bridgehead atoms. The molecule has 1 aromatic rings. The number of thiol groups is 1. The molecule has 72 valence electrons. The van der Waals surface area contributed by atoms with Crippen molar-refractivity contribution < 1.29 is 4.79 Å². The van der Waals surface area contributed by atoms with Crippen molar-refractivity contribution in [3.8, 4) is 6.07 Å². The van der Waals surface area contributed by atoms with Crippen molar-refractivity contribution in [1.82, 2.24) is 0 Å². The molecule has 0 N–H and O–H groups in total. The first kappa shape index (κ1) is 10.6. The number of anilines is 1. The molecule has 3 nitrogen and oxygen atoms in total. The summed E-state index contributed by atoms with van der Waals surface area (Å²) in [7, 11) is 1.66. The van der Waals surface area contributed by atoms with Gasteiger partial charge in [-0.2, -0.15) is 17.9 Å². The Bertz CT molecular complexity index is 384.